The number of nitrogens with zero attached hydrogens (tertiary/aromatic N) is 3. The van der Waals surface area contributed by atoms with Gasteiger partial charge in [-0.25, -0.2) is 9.97 Å². The molecule has 0 N–H and O–H groups in total. The molecule has 0 saturated heterocycles. The van der Waals surface area contributed by atoms with E-state index in [0.29, 0.717) is 0 Å². The van der Waals surface area contributed by atoms with E-state index in [1.807, 2.05) is 0 Å². The second-order valence-electron chi connectivity index (χ2n) is 10.8. The molecule has 0 amide bonds. The molecule has 5 heteroatoms. The molecule has 2 aromatic heterocycles. The first-order valence-electron chi connectivity index (χ1n) is 13.0. The first kappa shape index (κ1) is 26.6. The van der Waals surface area contributed by atoms with Gasteiger partial charge in [0.15, 0.2) is 11.9 Å². The highest BCUT2D eigenvalue weighted by molar-refractivity contribution is 6.48. The van der Waals surface area contributed by atoms with E-state index in [9.17, 15) is 0 Å². The maximum atomic E-state index is 6.79. The maximum Gasteiger partial charge on any atom is 0.208 e. The molecule has 0 fully saturated rings. The summed E-state index contributed by atoms with van der Waals surface area (Å²) in [6.07, 6.45) is 5.07. The zero-order valence-corrected chi connectivity index (χ0v) is 24.1. The number of rotatable bonds is 9. The Labute approximate surface area is 208 Å². The van der Waals surface area contributed by atoms with E-state index in [1.54, 1.807) is 0 Å². The Balaban J connectivity index is 2.35. The van der Waals surface area contributed by atoms with Crippen LogP contribution in [0.4, 0.5) is 0 Å². The summed E-state index contributed by atoms with van der Waals surface area (Å²) in [5, 5.41) is 0. The minimum absolute atomic E-state index is 0.112. The van der Waals surface area contributed by atoms with Crippen molar-refractivity contribution >= 4 is 20.2 Å². The van der Waals surface area contributed by atoms with E-state index in [-0.39, 0.29) is 11.6 Å². The fourth-order valence-corrected chi connectivity index (χ4v) is 5.93. The van der Waals surface area contributed by atoms with Gasteiger partial charge in [0.05, 0.1) is 0 Å². The van der Waals surface area contributed by atoms with Crippen molar-refractivity contribution in [2.45, 2.75) is 112 Å². The lowest BCUT2D eigenvalue weighted by Crippen LogP contribution is -2.24. The van der Waals surface area contributed by atoms with Crippen molar-refractivity contribution < 1.29 is 4.43 Å². The fraction of sp³-hybridized carbons (Fsp3) is 0.586. The average molecular weight is 479 g/mol. The minimum atomic E-state index is -0.982. The Bertz CT molecular complexity index is 1110. The molecule has 0 aliphatic heterocycles. The second-order valence-corrected chi connectivity index (χ2v) is 12.9. The van der Waals surface area contributed by atoms with Crippen molar-refractivity contribution in [3.63, 3.8) is 0 Å². The minimum Gasteiger partial charge on any atom is -0.394 e. The van der Waals surface area contributed by atoms with Gasteiger partial charge in [0.2, 0.25) is 9.04 Å². The van der Waals surface area contributed by atoms with E-state index in [1.165, 1.54) is 27.8 Å². The van der Waals surface area contributed by atoms with Crippen LogP contribution in [0.5, 0.6) is 0 Å². The molecule has 185 valence electrons. The van der Waals surface area contributed by atoms with Crippen molar-refractivity contribution in [1.29, 1.82) is 0 Å². The fourth-order valence-electron chi connectivity index (χ4n) is 5.24. The van der Waals surface area contributed by atoms with Gasteiger partial charge in [-0.1, -0.05) is 66.5 Å². The SMILES string of the molecule is CCCc1cc(C(O[Si](C)C)n2c(CC)nc3c(C)cc(C)nc32)cc(CCC)c1C(C)(C)C. The predicted octanol–water partition coefficient (Wildman–Crippen LogP) is 7.63. The van der Waals surface area contributed by atoms with E-state index < -0.39 is 9.04 Å². The molecule has 1 atom stereocenters. The van der Waals surface area contributed by atoms with Crippen LogP contribution in [0.1, 0.15) is 99.9 Å². The van der Waals surface area contributed by atoms with Gasteiger partial charge >= 0.3 is 0 Å². The number of imidazole rings is 1. The third-order valence-corrected chi connectivity index (χ3v) is 7.03. The highest BCUT2D eigenvalue weighted by Crippen LogP contribution is 2.36. The number of pyridine rings is 1. The molecule has 3 aromatic rings. The van der Waals surface area contributed by atoms with Crippen LogP contribution < -0.4 is 0 Å². The molecule has 3 rings (SSSR count). The number of benzene rings is 1. The average Bonchev–Trinajstić information content (AvgIpc) is 3.09. The number of fused-ring (bicyclic) bond motifs is 1. The standard InChI is InChI=1S/C29H44N3OSi/c1-11-14-21-17-23(18-22(15-12-2)25(21)29(6,7)8)28(33-34(9)10)32-24(13-3)31-26-19(4)16-20(5)30-27(26)32/h16-18,28H,11-15H2,1-10H3. The normalized spacial score (nSPS) is 13.3. The smallest absolute Gasteiger partial charge is 0.208 e. The Morgan fingerprint density at radius 2 is 1.53 bits per heavy atom. The number of aromatic nitrogens is 3. The zero-order valence-electron chi connectivity index (χ0n) is 23.1. The summed E-state index contributed by atoms with van der Waals surface area (Å²) >= 11 is 0. The Kier molecular flexibility index (Phi) is 8.41. The molecule has 2 heterocycles. The molecule has 0 aliphatic rings. The number of aryl methyl sites for hydroxylation is 5. The molecular formula is C29H44N3OSi. The third kappa shape index (κ3) is 5.46. The molecule has 0 saturated carbocycles. The van der Waals surface area contributed by atoms with Crippen molar-refractivity contribution in [3.8, 4) is 0 Å². The van der Waals surface area contributed by atoms with Gasteiger partial charge in [-0.2, -0.15) is 0 Å². The number of hydrogen-bond acceptors (Lipinski definition) is 3. The molecule has 0 aliphatic carbocycles. The van der Waals surface area contributed by atoms with E-state index in [2.05, 4.69) is 91.3 Å². The highest BCUT2D eigenvalue weighted by atomic mass is 28.3. The highest BCUT2D eigenvalue weighted by Gasteiger charge is 2.28. The van der Waals surface area contributed by atoms with Crippen LogP contribution >= 0.6 is 0 Å². The summed E-state index contributed by atoms with van der Waals surface area (Å²) in [4.78, 5) is 10.00. The van der Waals surface area contributed by atoms with E-state index in [4.69, 9.17) is 14.4 Å². The predicted molar refractivity (Wildman–Crippen MR) is 146 cm³/mol. The lowest BCUT2D eigenvalue weighted by molar-refractivity contribution is 0.176. The largest absolute Gasteiger partial charge is 0.394 e. The maximum absolute atomic E-state index is 6.79. The first-order valence-corrected chi connectivity index (χ1v) is 15.4. The topological polar surface area (TPSA) is 39.9 Å². The lowest BCUT2D eigenvalue weighted by Gasteiger charge is -2.30. The van der Waals surface area contributed by atoms with Crippen LogP contribution in [0.25, 0.3) is 11.2 Å². The Morgan fingerprint density at radius 3 is 2.00 bits per heavy atom. The summed E-state index contributed by atoms with van der Waals surface area (Å²) in [6, 6.07) is 6.97. The second kappa shape index (κ2) is 10.7. The van der Waals surface area contributed by atoms with E-state index in [0.717, 1.165) is 54.8 Å². The van der Waals surface area contributed by atoms with Crippen molar-refractivity contribution in [2.24, 2.45) is 0 Å². The lowest BCUT2D eigenvalue weighted by atomic mass is 9.77. The summed E-state index contributed by atoms with van der Waals surface area (Å²) in [7, 11) is -0.982. The number of hydrogen-bond donors (Lipinski definition) is 0. The molecule has 34 heavy (non-hydrogen) atoms. The van der Waals surface area contributed by atoms with Crippen LogP contribution in [-0.2, 0) is 29.1 Å². The van der Waals surface area contributed by atoms with Gasteiger partial charge in [0, 0.05) is 17.7 Å². The Morgan fingerprint density at radius 1 is 0.941 bits per heavy atom. The van der Waals surface area contributed by atoms with Crippen LogP contribution in [-0.4, -0.2) is 23.6 Å². The van der Waals surface area contributed by atoms with Gasteiger partial charge in [0.1, 0.15) is 11.3 Å². The molecule has 1 radical (unpaired) electrons. The molecule has 0 spiro atoms. The summed E-state index contributed by atoms with van der Waals surface area (Å²) in [5.74, 6) is 1.04. The van der Waals surface area contributed by atoms with E-state index >= 15 is 0 Å². The van der Waals surface area contributed by atoms with Gasteiger partial charge in [-0.05, 0) is 73.5 Å². The van der Waals surface area contributed by atoms with Gasteiger partial charge in [-0.15, -0.1) is 0 Å². The zero-order chi connectivity index (χ0) is 25.2. The third-order valence-electron chi connectivity index (χ3n) is 6.34. The van der Waals surface area contributed by atoms with Crippen LogP contribution in [0.2, 0.25) is 13.1 Å². The van der Waals surface area contributed by atoms with Crippen LogP contribution in [0.15, 0.2) is 18.2 Å². The van der Waals surface area contributed by atoms with Crippen molar-refractivity contribution in [2.75, 3.05) is 0 Å². The summed E-state index contributed by atoms with van der Waals surface area (Å²) < 4.78 is 9.07. The molecule has 0 bridgehead atoms. The van der Waals surface area contributed by atoms with Crippen molar-refractivity contribution in [1.82, 2.24) is 14.5 Å². The first-order chi connectivity index (χ1) is 16.0. The summed E-state index contributed by atoms with van der Waals surface area (Å²) in [5.41, 5.74) is 9.93. The monoisotopic (exact) mass is 478 g/mol. The van der Waals surface area contributed by atoms with Gasteiger partial charge in [-0.3, -0.25) is 4.57 Å². The summed E-state index contributed by atoms with van der Waals surface area (Å²) in [6.45, 7) is 22.4. The van der Waals surface area contributed by atoms with Gasteiger partial charge < -0.3 is 4.43 Å². The van der Waals surface area contributed by atoms with Crippen LogP contribution in [0.3, 0.4) is 0 Å². The molecule has 1 aromatic carbocycles. The molecular weight excluding hydrogens is 434 g/mol. The van der Waals surface area contributed by atoms with Gasteiger partial charge in [0.25, 0.3) is 0 Å². The molecule has 1 unspecified atom stereocenters. The molecule has 4 nitrogen and oxygen atoms in total. The van der Waals surface area contributed by atoms with Crippen LogP contribution in [0, 0.1) is 13.8 Å². The van der Waals surface area contributed by atoms with Crippen molar-refractivity contribution in [3.05, 3.63) is 57.5 Å². The quantitative estimate of drug-likeness (QED) is 0.297. The Hall–Kier alpha value is -1.98.